The lowest BCUT2D eigenvalue weighted by atomic mass is 9.91. The second-order valence-corrected chi connectivity index (χ2v) is 17.9. The topological polar surface area (TPSA) is 161 Å². The van der Waals surface area contributed by atoms with Gasteiger partial charge in [-0.15, -0.1) is 0 Å². The zero-order valence-corrected chi connectivity index (χ0v) is 37.0. The summed E-state index contributed by atoms with van der Waals surface area (Å²) in [5, 5.41) is 5.33. The Morgan fingerprint density at radius 3 is 2.42 bits per heavy atom. The number of ether oxygens (including phenoxy) is 1. The van der Waals surface area contributed by atoms with Crippen molar-refractivity contribution in [2.24, 2.45) is 5.92 Å². The molecule has 340 valence electrons. The molecular formula is C49H63N9O6. The highest BCUT2D eigenvalue weighted by molar-refractivity contribution is 6.06. The Balaban J connectivity index is 0.670. The van der Waals surface area contributed by atoms with Crippen molar-refractivity contribution in [1.29, 1.82) is 0 Å². The summed E-state index contributed by atoms with van der Waals surface area (Å²) >= 11 is 0. The van der Waals surface area contributed by atoms with E-state index in [2.05, 4.69) is 30.3 Å². The van der Waals surface area contributed by atoms with E-state index in [9.17, 15) is 24.0 Å². The zero-order valence-electron chi connectivity index (χ0n) is 37.0. The van der Waals surface area contributed by atoms with E-state index in [4.69, 9.17) is 9.72 Å². The highest BCUT2D eigenvalue weighted by atomic mass is 16.5. The molecule has 15 nitrogen and oxygen atoms in total. The molecule has 5 amide bonds. The average Bonchev–Trinajstić information content (AvgIpc) is 3.67. The lowest BCUT2D eigenvalue weighted by Crippen LogP contribution is -2.53. The van der Waals surface area contributed by atoms with E-state index in [1.165, 1.54) is 0 Å². The first-order valence-electron chi connectivity index (χ1n) is 23.5. The van der Waals surface area contributed by atoms with Gasteiger partial charge in [-0.25, -0.2) is 4.98 Å². The van der Waals surface area contributed by atoms with Gasteiger partial charge in [-0.2, -0.15) is 0 Å². The summed E-state index contributed by atoms with van der Waals surface area (Å²) in [6, 6.07) is 13.3. The van der Waals surface area contributed by atoms with Gasteiger partial charge >= 0.3 is 0 Å². The van der Waals surface area contributed by atoms with Gasteiger partial charge in [-0.1, -0.05) is 31.0 Å². The van der Waals surface area contributed by atoms with Crippen LogP contribution < -0.4 is 20.3 Å². The highest BCUT2D eigenvalue weighted by Gasteiger charge is 2.40. The fraction of sp³-hybridized carbons (Fsp3) is 0.531. The SMILES string of the molecule is O=C(/C=C/c1cccnc1)NCCCCC1CCN(C(=O)c2ccc(N3CCC(N4CCN(CCCCOc5cccc6c5C(=O)N(C5CCC(=O)NC5=O)C6)CC4)CC3)nc2)CC1. The monoisotopic (exact) mass is 873 g/mol. The number of fused-ring (bicyclic) bond motifs is 1. The number of carbonyl (C=O) groups excluding carboxylic acids is 5. The molecular weight excluding hydrogens is 811 g/mol. The van der Waals surface area contributed by atoms with E-state index in [0.29, 0.717) is 55.0 Å². The first kappa shape index (κ1) is 44.9. The number of imide groups is 1. The van der Waals surface area contributed by atoms with Crippen LogP contribution >= 0.6 is 0 Å². The molecule has 0 spiro atoms. The van der Waals surface area contributed by atoms with Crippen LogP contribution in [0.15, 0.2) is 67.1 Å². The van der Waals surface area contributed by atoms with Crippen molar-refractivity contribution in [2.45, 2.75) is 89.3 Å². The maximum Gasteiger partial charge on any atom is 0.258 e. The van der Waals surface area contributed by atoms with Gasteiger partial charge in [0, 0.05) is 103 Å². The molecule has 3 aromatic rings. The third-order valence-corrected chi connectivity index (χ3v) is 13.7. The van der Waals surface area contributed by atoms with Crippen molar-refractivity contribution >= 4 is 41.4 Å². The fourth-order valence-electron chi connectivity index (χ4n) is 9.92. The second-order valence-electron chi connectivity index (χ2n) is 17.9. The van der Waals surface area contributed by atoms with Crippen LogP contribution in [0.2, 0.25) is 0 Å². The van der Waals surface area contributed by atoms with Crippen LogP contribution in [-0.4, -0.2) is 143 Å². The van der Waals surface area contributed by atoms with Gasteiger partial charge in [0.05, 0.1) is 17.7 Å². The highest BCUT2D eigenvalue weighted by Crippen LogP contribution is 2.34. The van der Waals surface area contributed by atoms with Gasteiger partial charge in [0.2, 0.25) is 17.7 Å². The number of nitrogens with one attached hydrogen (secondary N) is 2. The number of anilines is 1. The van der Waals surface area contributed by atoms with Crippen LogP contribution in [0, 0.1) is 5.92 Å². The van der Waals surface area contributed by atoms with Gasteiger partial charge in [0.25, 0.3) is 11.8 Å². The van der Waals surface area contributed by atoms with Gasteiger partial charge < -0.3 is 29.7 Å². The number of hydrogen-bond acceptors (Lipinski definition) is 11. The Hall–Kier alpha value is -5.67. The smallest absolute Gasteiger partial charge is 0.258 e. The maximum absolute atomic E-state index is 13.4. The van der Waals surface area contributed by atoms with Crippen molar-refractivity contribution < 1.29 is 28.7 Å². The van der Waals surface area contributed by atoms with E-state index in [0.717, 1.165) is 134 Å². The van der Waals surface area contributed by atoms with Crippen molar-refractivity contribution in [3.8, 4) is 5.75 Å². The third-order valence-electron chi connectivity index (χ3n) is 13.7. The Morgan fingerprint density at radius 2 is 1.67 bits per heavy atom. The minimum absolute atomic E-state index is 0.0695. The van der Waals surface area contributed by atoms with Crippen LogP contribution in [0.5, 0.6) is 5.75 Å². The normalized spacial score (nSPS) is 20.5. The van der Waals surface area contributed by atoms with Crippen molar-refractivity contribution in [3.05, 3.63) is 89.4 Å². The van der Waals surface area contributed by atoms with Gasteiger partial charge in [0.15, 0.2) is 0 Å². The molecule has 4 saturated heterocycles. The molecule has 5 aliphatic rings. The van der Waals surface area contributed by atoms with E-state index in [1.807, 2.05) is 47.4 Å². The maximum atomic E-state index is 13.4. The Labute approximate surface area is 376 Å². The number of amides is 5. The summed E-state index contributed by atoms with van der Waals surface area (Å²) in [5.74, 6) is 1.20. The predicted octanol–water partition coefficient (Wildman–Crippen LogP) is 4.54. The standard InChI is InChI=1S/C49H63N9O6/c59-44(15-11-37-8-6-21-50-33-37)51-22-2-1-7-36-17-24-57(25-18-36)48(62)38-12-14-43(52-34-38)56-26-19-40(20-27-56)55-30-28-54(29-31-55)23-3-4-32-64-42-10-5-9-39-35-58(49(63)46(39)42)41-13-16-45(60)53-47(41)61/h5-6,8-12,14-15,21,33-34,36,40-41H,1-4,7,13,16-20,22-32,35H2,(H,51,59)(H,53,60,61)/b15-11+. The van der Waals surface area contributed by atoms with Crippen molar-refractivity contribution in [3.63, 3.8) is 0 Å². The number of pyridine rings is 2. The molecule has 0 bridgehead atoms. The third kappa shape index (κ3) is 11.5. The number of aromatic nitrogens is 2. The molecule has 8 rings (SSSR count). The number of piperidine rings is 3. The van der Waals surface area contributed by atoms with E-state index >= 15 is 0 Å². The van der Waals surface area contributed by atoms with Crippen LogP contribution in [0.25, 0.3) is 6.08 Å². The minimum Gasteiger partial charge on any atom is -0.493 e. The predicted molar refractivity (Wildman–Crippen MR) is 243 cm³/mol. The van der Waals surface area contributed by atoms with Crippen LogP contribution in [-0.2, 0) is 20.9 Å². The van der Waals surface area contributed by atoms with Crippen molar-refractivity contribution in [2.75, 3.05) is 77.0 Å². The zero-order chi connectivity index (χ0) is 44.3. The summed E-state index contributed by atoms with van der Waals surface area (Å²) in [7, 11) is 0. The minimum atomic E-state index is -0.634. The molecule has 15 heteroatoms. The average molecular weight is 874 g/mol. The number of piperazine rings is 1. The molecule has 1 atom stereocenters. The van der Waals surface area contributed by atoms with Gasteiger partial charge in [-0.05, 0) is 105 Å². The first-order chi connectivity index (χ1) is 31.3. The molecule has 2 aromatic heterocycles. The van der Waals surface area contributed by atoms with E-state index in [-0.39, 0.29) is 30.0 Å². The molecule has 4 fully saturated rings. The number of unbranched alkanes of at least 4 members (excludes halogenated alkanes) is 2. The molecule has 1 unspecified atom stereocenters. The lowest BCUT2D eigenvalue weighted by molar-refractivity contribution is -0.137. The van der Waals surface area contributed by atoms with Crippen molar-refractivity contribution in [1.82, 2.24) is 40.2 Å². The quantitative estimate of drug-likeness (QED) is 0.111. The summed E-state index contributed by atoms with van der Waals surface area (Å²) in [4.78, 5) is 82.8. The molecule has 5 aliphatic heterocycles. The number of nitrogens with zero attached hydrogens (tertiary/aromatic N) is 7. The van der Waals surface area contributed by atoms with Crippen LogP contribution in [0.3, 0.4) is 0 Å². The fourth-order valence-corrected chi connectivity index (χ4v) is 9.92. The van der Waals surface area contributed by atoms with Gasteiger partial charge in [0.1, 0.15) is 17.6 Å². The summed E-state index contributed by atoms with van der Waals surface area (Å²) in [5.41, 5.74) is 2.95. The number of benzene rings is 1. The van der Waals surface area contributed by atoms with Gasteiger partial charge in [-0.3, -0.25) is 39.2 Å². The van der Waals surface area contributed by atoms with E-state index in [1.54, 1.807) is 35.6 Å². The molecule has 64 heavy (non-hydrogen) atoms. The molecule has 0 radical (unpaired) electrons. The number of carbonyl (C=O) groups is 5. The Kier molecular flexibility index (Phi) is 15.3. The molecule has 2 N–H and O–H groups in total. The number of rotatable bonds is 17. The lowest BCUT2D eigenvalue weighted by Gasteiger charge is -2.43. The first-order valence-corrected chi connectivity index (χ1v) is 23.5. The Bertz CT molecular complexity index is 2110. The second kappa shape index (κ2) is 21.8. The molecule has 0 saturated carbocycles. The molecule has 0 aliphatic carbocycles. The Morgan fingerprint density at radius 1 is 0.844 bits per heavy atom. The summed E-state index contributed by atoms with van der Waals surface area (Å²) < 4.78 is 6.14. The number of hydrogen-bond donors (Lipinski definition) is 2. The van der Waals surface area contributed by atoms with Crippen LogP contribution in [0.1, 0.15) is 102 Å². The summed E-state index contributed by atoms with van der Waals surface area (Å²) in [6.45, 7) is 10.3. The summed E-state index contributed by atoms with van der Waals surface area (Å²) in [6.07, 6.45) is 18.3. The molecule has 1 aromatic carbocycles. The van der Waals surface area contributed by atoms with E-state index < -0.39 is 11.9 Å². The largest absolute Gasteiger partial charge is 0.493 e. The molecule has 7 heterocycles. The number of likely N-dealkylation sites (tertiary alicyclic amines) is 1. The van der Waals surface area contributed by atoms with Crippen LogP contribution in [0.4, 0.5) is 5.82 Å².